The highest BCUT2D eigenvalue weighted by molar-refractivity contribution is 4.84. The molecule has 1 rings (SSSR count). The van der Waals surface area contributed by atoms with Gasteiger partial charge in [0.25, 0.3) is 0 Å². The summed E-state index contributed by atoms with van der Waals surface area (Å²) in [7, 11) is 3.98. The summed E-state index contributed by atoms with van der Waals surface area (Å²) in [5.74, 6) is 0.977. The van der Waals surface area contributed by atoms with Crippen LogP contribution in [0.25, 0.3) is 0 Å². The second-order valence-electron chi connectivity index (χ2n) is 4.84. The molecule has 0 saturated carbocycles. The lowest BCUT2D eigenvalue weighted by molar-refractivity contribution is 0.204. The van der Waals surface area contributed by atoms with Crippen molar-refractivity contribution in [1.29, 1.82) is 0 Å². The molecule has 0 fully saturated rings. The molecule has 1 heterocycles. The van der Waals surface area contributed by atoms with E-state index in [1.54, 1.807) is 11.0 Å². The lowest BCUT2D eigenvalue weighted by Crippen LogP contribution is -2.36. The van der Waals surface area contributed by atoms with Crippen LogP contribution in [0.2, 0.25) is 0 Å². The van der Waals surface area contributed by atoms with E-state index in [4.69, 9.17) is 5.73 Å². The van der Waals surface area contributed by atoms with Crippen LogP contribution in [0.15, 0.2) is 6.33 Å². The fraction of sp³-hybridized carbons (Fsp3) is 0.800. The molecule has 0 radical (unpaired) electrons. The van der Waals surface area contributed by atoms with Gasteiger partial charge in [-0.25, -0.2) is 4.98 Å². The van der Waals surface area contributed by atoms with E-state index in [0.29, 0.717) is 6.54 Å². The average molecular weight is 211 g/mol. The third kappa shape index (κ3) is 3.60. The SMILES string of the molecule is CN(Cc1ncnn1C)CC(C)(C)CN. The first-order valence-corrected chi connectivity index (χ1v) is 5.16. The Hall–Kier alpha value is -0.940. The third-order valence-corrected chi connectivity index (χ3v) is 2.47. The molecule has 0 bridgehead atoms. The Labute approximate surface area is 91.3 Å². The predicted molar refractivity (Wildman–Crippen MR) is 60.2 cm³/mol. The maximum Gasteiger partial charge on any atom is 0.140 e. The van der Waals surface area contributed by atoms with Crippen molar-refractivity contribution in [3.8, 4) is 0 Å². The summed E-state index contributed by atoms with van der Waals surface area (Å²) in [6, 6.07) is 0. The Morgan fingerprint density at radius 1 is 1.53 bits per heavy atom. The normalized spacial score (nSPS) is 12.4. The van der Waals surface area contributed by atoms with Crippen LogP contribution >= 0.6 is 0 Å². The Balaban J connectivity index is 2.50. The Morgan fingerprint density at radius 2 is 2.20 bits per heavy atom. The van der Waals surface area contributed by atoms with Crippen LogP contribution in [0.4, 0.5) is 0 Å². The van der Waals surface area contributed by atoms with Gasteiger partial charge < -0.3 is 5.73 Å². The molecule has 0 aliphatic heterocycles. The maximum absolute atomic E-state index is 5.70. The van der Waals surface area contributed by atoms with Gasteiger partial charge in [-0.3, -0.25) is 9.58 Å². The quantitative estimate of drug-likeness (QED) is 0.757. The zero-order valence-corrected chi connectivity index (χ0v) is 10.1. The molecule has 86 valence electrons. The van der Waals surface area contributed by atoms with Gasteiger partial charge in [0, 0.05) is 13.6 Å². The van der Waals surface area contributed by atoms with Crippen molar-refractivity contribution in [3.63, 3.8) is 0 Å². The molecule has 0 aromatic carbocycles. The van der Waals surface area contributed by atoms with Crippen LogP contribution in [0.3, 0.4) is 0 Å². The first-order chi connectivity index (χ1) is 6.94. The molecule has 0 aliphatic carbocycles. The smallest absolute Gasteiger partial charge is 0.140 e. The molecule has 2 N–H and O–H groups in total. The van der Waals surface area contributed by atoms with Gasteiger partial charge in [0.05, 0.1) is 6.54 Å². The number of nitrogens with two attached hydrogens (primary N) is 1. The van der Waals surface area contributed by atoms with E-state index >= 15 is 0 Å². The van der Waals surface area contributed by atoms with E-state index < -0.39 is 0 Å². The summed E-state index contributed by atoms with van der Waals surface area (Å²) in [5.41, 5.74) is 5.84. The van der Waals surface area contributed by atoms with Crippen molar-refractivity contribution < 1.29 is 0 Å². The highest BCUT2D eigenvalue weighted by Crippen LogP contribution is 2.14. The number of aryl methyl sites for hydroxylation is 1. The van der Waals surface area contributed by atoms with Crippen LogP contribution in [0, 0.1) is 5.41 Å². The van der Waals surface area contributed by atoms with Gasteiger partial charge in [-0.15, -0.1) is 0 Å². The summed E-state index contributed by atoms with van der Waals surface area (Å²) < 4.78 is 1.80. The van der Waals surface area contributed by atoms with Gasteiger partial charge in [-0.2, -0.15) is 5.10 Å². The monoisotopic (exact) mass is 211 g/mol. The van der Waals surface area contributed by atoms with E-state index in [1.165, 1.54) is 0 Å². The molecule has 1 aromatic heterocycles. The molecule has 5 heteroatoms. The van der Waals surface area contributed by atoms with Crippen molar-refractivity contribution in [2.75, 3.05) is 20.1 Å². The lowest BCUT2D eigenvalue weighted by atomic mass is 9.93. The molecule has 15 heavy (non-hydrogen) atoms. The largest absolute Gasteiger partial charge is 0.330 e. The second-order valence-corrected chi connectivity index (χ2v) is 4.84. The summed E-state index contributed by atoms with van der Waals surface area (Å²) in [5, 5.41) is 4.04. The van der Waals surface area contributed by atoms with Crippen molar-refractivity contribution in [3.05, 3.63) is 12.2 Å². The minimum atomic E-state index is 0.146. The third-order valence-electron chi connectivity index (χ3n) is 2.47. The second kappa shape index (κ2) is 4.72. The van der Waals surface area contributed by atoms with Crippen LogP contribution in [0.1, 0.15) is 19.7 Å². The average Bonchev–Trinajstić information content (AvgIpc) is 2.51. The van der Waals surface area contributed by atoms with E-state index in [9.17, 15) is 0 Å². The Morgan fingerprint density at radius 3 is 2.67 bits per heavy atom. The summed E-state index contributed by atoms with van der Waals surface area (Å²) >= 11 is 0. The molecule has 0 unspecified atom stereocenters. The van der Waals surface area contributed by atoms with Gasteiger partial charge in [-0.1, -0.05) is 13.8 Å². The van der Waals surface area contributed by atoms with Crippen molar-refractivity contribution in [2.24, 2.45) is 18.2 Å². The summed E-state index contributed by atoms with van der Waals surface area (Å²) in [6.45, 7) is 6.78. The van der Waals surface area contributed by atoms with Crippen LogP contribution in [-0.2, 0) is 13.6 Å². The van der Waals surface area contributed by atoms with Crippen LogP contribution in [-0.4, -0.2) is 39.8 Å². The number of hydrogen-bond acceptors (Lipinski definition) is 4. The van der Waals surface area contributed by atoms with Crippen LogP contribution in [0.5, 0.6) is 0 Å². The standard InChI is InChI=1S/C10H21N5/c1-10(2,6-11)7-14(3)5-9-12-8-13-15(9)4/h8H,5-7,11H2,1-4H3. The van der Waals surface area contributed by atoms with E-state index in [0.717, 1.165) is 18.9 Å². The van der Waals surface area contributed by atoms with Crippen LogP contribution < -0.4 is 5.73 Å². The number of rotatable bonds is 5. The molecule has 0 amide bonds. The van der Waals surface area contributed by atoms with Crippen molar-refractivity contribution in [1.82, 2.24) is 19.7 Å². The van der Waals surface area contributed by atoms with Gasteiger partial charge in [0.1, 0.15) is 12.2 Å². The molecule has 0 spiro atoms. The van der Waals surface area contributed by atoms with Gasteiger partial charge in [0.2, 0.25) is 0 Å². The minimum Gasteiger partial charge on any atom is -0.330 e. The molecule has 1 aromatic rings. The highest BCUT2D eigenvalue weighted by atomic mass is 15.3. The van der Waals surface area contributed by atoms with Gasteiger partial charge in [-0.05, 0) is 19.0 Å². The fourth-order valence-electron chi connectivity index (χ4n) is 1.56. The Bertz CT molecular complexity index is 305. The zero-order chi connectivity index (χ0) is 11.5. The summed E-state index contributed by atoms with van der Waals surface area (Å²) in [6.07, 6.45) is 1.58. The minimum absolute atomic E-state index is 0.146. The number of aromatic nitrogens is 3. The zero-order valence-electron chi connectivity index (χ0n) is 10.1. The highest BCUT2D eigenvalue weighted by Gasteiger charge is 2.18. The molecular formula is C10H21N5. The molecule has 0 atom stereocenters. The molecule has 0 saturated heterocycles. The Kier molecular flexibility index (Phi) is 3.82. The molecular weight excluding hydrogens is 190 g/mol. The maximum atomic E-state index is 5.70. The summed E-state index contributed by atoms with van der Waals surface area (Å²) in [4.78, 5) is 6.41. The first-order valence-electron chi connectivity index (χ1n) is 5.16. The lowest BCUT2D eigenvalue weighted by Gasteiger charge is -2.28. The first kappa shape index (κ1) is 12.1. The van der Waals surface area contributed by atoms with Gasteiger partial charge in [0.15, 0.2) is 0 Å². The van der Waals surface area contributed by atoms with Crippen molar-refractivity contribution >= 4 is 0 Å². The van der Waals surface area contributed by atoms with Gasteiger partial charge >= 0.3 is 0 Å². The topological polar surface area (TPSA) is 60.0 Å². The van der Waals surface area contributed by atoms with E-state index in [-0.39, 0.29) is 5.41 Å². The van der Waals surface area contributed by atoms with E-state index in [1.807, 2.05) is 7.05 Å². The van der Waals surface area contributed by atoms with E-state index in [2.05, 4.69) is 35.9 Å². The van der Waals surface area contributed by atoms with Crippen molar-refractivity contribution in [2.45, 2.75) is 20.4 Å². The number of hydrogen-bond donors (Lipinski definition) is 1. The fourth-order valence-corrected chi connectivity index (χ4v) is 1.56. The predicted octanol–water partition coefficient (Wildman–Crippen LogP) is 0.232. The molecule has 5 nitrogen and oxygen atoms in total. The number of nitrogens with zero attached hydrogens (tertiary/aromatic N) is 4. The molecule has 0 aliphatic rings.